The summed E-state index contributed by atoms with van der Waals surface area (Å²) in [5.41, 5.74) is -1.87. The molecule has 0 fully saturated rings. The lowest BCUT2D eigenvalue weighted by Crippen LogP contribution is -2.30. The molecule has 36 heavy (non-hydrogen) atoms. The third kappa shape index (κ3) is 6.31. The fraction of sp³-hybridized carbons (Fsp3) is 0.480. The summed E-state index contributed by atoms with van der Waals surface area (Å²) in [5.74, 6) is -6.89. The molecule has 3 aromatic rings. The maximum Gasteiger partial charge on any atom is 0.312 e. The molecule has 3 rings (SSSR count). The number of hydrogen-bond donors (Lipinski definition) is 1. The van der Waals surface area contributed by atoms with E-state index in [9.17, 15) is 27.5 Å². The van der Waals surface area contributed by atoms with Crippen LogP contribution in [0, 0.1) is 5.41 Å². The van der Waals surface area contributed by atoms with Crippen LogP contribution in [0.3, 0.4) is 0 Å². The number of ether oxygens (including phenoxy) is 1. The molecule has 0 aliphatic rings. The molecule has 0 aliphatic heterocycles. The summed E-state index contributed by atoms with van der Waals surface area (Å²) in [5, 5.41) is 16.5. The fourth-order valence-electron chi connectivity index (χ4n) is 3.64. The second-order valence-electron chi connectivity index (χ2n) is 9.49. The Hall–Kier alpha value is -3.21. The van der Waals surface area contributed by atoms with E-state index in [1.165, 1.54) is 20.8 Å². The highest BCUT2D eigenvalue weighted by molar-refractivity contribution is 5.68. The van der Waals surface area contributed by atoms with E-state index in [0.717, 1.165) is 11.6 Å². The topological polar surface area (TPSA) is 98.6 Å². The van der Waals surface area contributed by atoms with Crippen molar-refractivity contribution in [3.63, 3.8) is 0 Å². The van der Waals surface area contributed by atoms with E-state index in [-0.39, 0.29) is 24.4 Å². The molecule has 1 N–H and O–H groups in total. The van der Waals surface area contributed by atoms with Gasteiger partial charge in [-0.2, -0.15) is 8.78 Å². The number of aliphatic carboxylic acids is 1. The lowest BCUT2D eigenvalue weighted by Gasteiger charge is -2.27. The third-order valence-electron chi connectivity index (χ3n) is 5.73. The molecule has 7 nitrogen and oxygen atoms in total. The highest BCUT2D eigenvalue weighted by Crippen LogP contribution is 2.46. The number of benzene rings is 1. The zero-order valence-corrected chi connectivity index (χ0v) is 20.1. The Morgan fingerprint density at radius 2 is 1.81 bits per heavy atom. The molecule has 0 spiro atoms. The van der Waals surface area contributed by atoms with Gasteiger partial charge >= 0.3 is 11.9 Å². The van der Waals surface area contributed by atoms with Crippen molar-refractivity contribution in [2.24, 2.45) is 5.41 Å². The van der Waals surface area contributed by atoms with Crippen molar-refractivity contribution in [2.45, 2.75) is 64.9 Å². The molecule has 0 radical (unpaired) electrons. The van der Waals surface area contributed by atoms with Gasteiger partial charge in [-0.05, 0) is 18.4 Å². The average Bonchev–Trinajstić information content (AvgIpc) is 3.45. The average molecular weight is 513 g/mol. The number of alkyl halides is 4. The summed E-state index contributed by atoms with van der Waals surface area (Å²) >= 11 is 0. The summed E-state index contributed by atoms with van der Waals surface area (Å²) in [6.45, 7) is 4.52. The minimum atomic E-state index is -3.43. The number of carbonyl (C=O) groups is 1. The second-order valence-corrected chi connectivity index (χ2v) is 9.49. The summed E-state index contributed by atoms with van der Waals surface area (Å²) in [7, 11) is 0. The first kappa shape index (κ1) is 27.4. The largest absolute Gasteiger partial charge is 0.481 e. The van der Waals surface area contributed by atoms with Crippen molar-refractivity contribution in [3.8, 4) is 11.5 Å². The van der Waals surface area contributed by atoms with Crippen molar-refractivity contribution >= 4 is 5.97 Å². The first-order valence-corrected chi connectivity index (χ1v) is 11.4. The lowest BCUT2D eigenvalue weighted by molar-refractivity contribution is -0.137. The van der Waals surface area contributed by atoms with Gasteiger partial charge < -0.3 is 18.9 Å². The van der Waals surface area contributed by atoms with Crippen LogP contribution in [-0.2, 0) is 22.1 Å². The SMILES string of the molecule is CC(C)(C)C(F)(F)c1cc(-c2onc([C@@H](CCCOCc3ccccc3)CC(=O)O)c2C(F)F)no1. The molecule has 1 atom stereocenters. The Labute approximate surface area is 205 Å². The second kappa shape index (κ2) is 11.2. The quantitative estimate of drug-likeness (QED) is 0.207. The van der Waals surface area contributed by atoms with E-state index in [1.54, 1.807) is 0 Å². The zero-order chi connectivity index (χ0) is 26.5. The normalized spacial score (nSPS) is 13.3. The predicted molar refractivity (Wildman–Crippen MR) is 121 cm³/mol. The summed E-state index contributed by atoms with van der Waals surface area (Å²) < 4.78 is 72.9. The van der Waals surface area contributed by atoms with Gasteiger partial charge in [0.25, 0.3) is 6.43 Å². The molecule has 11 heteroatoms. The van der Waals surface area contributed by atoms with Gasteiger partial charge in [0.05, 0.1) is 24.3 Å². The summed E-state index contributed by atoms with van der Waals surface area (Å²) in [6, 6.07) is 10.3. The van der Waals surface area contributed by atoms with E-state index in [4.69, 9.17) is 13.8 Å². The van der Waals surface area contributed by atoms with Crippen LogP contribution < -0.4 is 0 Å². The van der Waals surface area contributed by atoms with Gasteiger partial charge in [-0.3, -0.25) is 4.79 Å². The Kier molecular flexibility index (Phi) is 8.55. The summed E-state index contributed by atoms with van der Waals surface area (Å²) in [4.78, 5) is 11.4. The lowest BCUT2D eigenvalue weighted by atomic mass is 9.86. The van der Waals surface area contributed by atoms with Crippen molar-refractivity contribution in [2.75, 3.05) is 6.61 Å². The van der Waals surface area contributed by atoms with Gasteiger partial charge in [-0.15, -0.1) is 0 Å². The maximum absolute atomic E-state index is 14.6. The van der Waals surface area contributed by atoms with Crippen LogP contribution in [0.25, 0.3) is 11.5 Å². The molecule has 196 valence electrons. The maximum atomic E-state index is 14.6. The fourth-order valence-corrected chi connectivity index (χ4v) is 3.64. The van der Waals surface area contributed by atoms with Gasteiger partial charge in [0, 0.05) is 24.0 Å². The first-order chi connectivity index (χ1) is 16.9. The minimum absolute atomic E-state index is 0.180. The predicted octanol–water partition coefficient (Wildman–Crippen LogP) is 6.96. The van der Waals surface area contributed by atoms with E-state index in [2.05, 4.69) is 10.3 Å². The van der Waals surface area contributed by atoms with Gasteiger partial charge in [-0.25, -0.2) is 8.78 Å². The van der Waals surface area contributed by atoms with Crippen LogP contribution in [0.2, 0.25) is 0 Å². The van der Waals surface area contributed by atoms with Crippen LogP contribution in [-0.4, -0.2) is 28.0 Å². The smallest absolute Gasteiger partial charge is 0.312 e. The number of hydrogen-bond acceptors (Lipinski definition) is 6. The van der Waals surface area contributed by atoms with Crippen LogP contribution in [0.4, 0.5) is 17.6 Å². The van der Waals surface area contributed by atoms with Crippen LogP contribution in [0.1, 0.15) is 75.0 Å². The number of rotatable bonds is 12. The van der Waals surface area contributed by atoms with E-state index in [1.807, 2.05) is 30.3 Å². The van der Waals surface area contributed by atoms with Crippen LogP contribution in [0.15, 0.2) is 45.4 Å². The van der Waals surface area contributed by atoms with Gasteiger partial charge in [0.15, 0.2) is 11.5 Å². The highest BCUT2D eigenvalue weighted by Gasteiger charge is 2.48. The Morgan fingerprint density at radius 1 is 1.11 bits per heavy atom. The van der Waals surface area contributed by atoms with Crippen molar-refractivity contribution in [3.05, 3.63) is 59.0 Å². The molecule has 0 bridgehead atoms. The van der Waals surface area contributed by atoms with E-state index >= 15 is 0 Å². The molecular formula is C25H28F4N2O5. The molecule has 0 unspecified atom stereocenters. The van der Waals surface area contributed by atoms with Crippen LogP contribution >= 0.6 is 0 Å². The first-order valence-electron chi connectivity index (χ1n) is 11.4. The van der Waals surface area contributed by atoms with E-state index < -0.39 is 53.2 Å². The number of aromatic nitrogens is 2. The van der Waals surface area contributed by atoms with Gasteiger partial charge in [-0.1, -0.05) is 61.4 Å². The standard InChI is InChI=1S/C25H28F4N2O5/c1-24(2,3)25(28,29)18-13-17(30-35-18)22-20(23(26)27)21(31-36-22)16(12-19(32)33)10-7-11-34-14-15-8-5-4-6-9-15/h4-6,8-9,13,16,23H,7,10-12,14H2,1-3H3,(H,32,33)/t16-/m0/s1. The number of nitrogens with zero attached hydrogens (tertiary/aromatic N) is 2. The zero-order valence-electron chi connectivity index (χ0n) is 20.1. The highest BCUT2D eigenvalue weighted by atomic mass is 19.3. The Balaban J connectivity index is 1.79. The van der Waals surface area contributed by atoms with E-state index in [0.29, 0.717) is 13.0 Å². The minimum Gasteiger partial charge on any atom is -0.481 e. The molecule has 0 amide bonds. The van der Waals surface area contributed by atoms with Crippen LogP contribution in [0.5, 0.6) is 0 Å². The number of carboxylic acids is 1. The molecule has 2 heterocycles. The molecule has 0 aliphatic carbocycles. The van der Waals surface area contributed by atoms with Gasteiger partial charge in [0.1, 0.15) is 0 Å². The summed E-state index contributed by atoms with van der Waals surface area (Å²) in [6.07, 6.45) is -3.04. The van der Waals surface area contributed by atoms with Crippen molar-refractivity contribution in [1.29, 1.82) is 0 Å². The molecule has 0 saturated heterocycles. The Morgan fingerprint density at radius 3 is 2.42 bits per heavy atom. The van der Waals surface area contributed by atoms with Crippen molar-refractivity contribution in [1.82, 2.24) is 10.3 Å². The number of carboxylic acid groups (broad SMARTS) is 1. The molecule has 2 aromatic heterocycles. The Bertz CT molecular complexity index is 1140. The van der Waals surface area contributed by atoms with Crippen molar-refractivity contribution < 1.29 is 41.2 Å². The molecule has 0 saturated carbocycles. The number of halogens is 4. The molecular weight excluding hydrogens is 484 g/mol. The monoisotopic (exact) mass is 512 g/mol. The molecule has 1 aromatic carbocycles. The van der Waals surface area contributed by atoms with Gasteiger partial charge in [0.2, 0.25) is 5.76 Å². The third-order valence-corrected chi connectivity index (χ3v) is 5.73.